The van der Waals surface area contributed by atoms with Gasteiger partial charge in [-0.05, 0) is 55.5 Å². The van der Waals surface area contributed by atoms with Crippen LogP contribution in [0.4, 0.5) is 4.39 Å². The Balaban J connectivity index is 1.46. The van der Waals surface area contributed by atoms with Gasteiger partial charge in [-0.25, -0.2) is 4.39 Å². The van der Waals surface area contributed by atoms with Crippen LogP contribution in [0.15, 0.2) is 41.8 Å². The van der Waals surface area contributed by atoms with Crippen LogP contribution in [0.25, 0.3) is 0 Å². The zero-order valence-electron chi connectivity index (χ0n) is 15.5. The number of rotatable bonds is 5. The molecule has 1 aliphatic rings. The summed E-state index contributed by atoms with van der Waals surface area (Å²) < 4.78 is 13.0. The van der Waals surface area contributed by atoms with Gasteiger partial charge < -0.3 is 15.5 Å². The lowest BCUT2D eigenvalue weighted by Gasteiger charge is -2.34. The fourth-order valence-electron chi connectivity index (χ4n) is 3.13. The number of nitrogens with zero attached hydrogens (tertiary/aromatic N) is 1. The Labute approximate surface area is 166 Å². The summed E-state index contributed by atoms with van der Waals surface area (Å²) in [4.78, 5) is 39.2. The number of amides is 3. The Kier molecular flexibility index (Phi) is 6.41. The number of hydrogen-bond donors (Lipinski definition) is 2. The minimum atomic E-state index is -0.611. The minimum absolute atomic E-state index is 0.0439. The van der Waals surface area contributed by atoms with Crippen molar-refractivity contribution >= 4 is 29.1 Å². The van der Waals surface area contributed by atoms with Gasteiger partial charge in [0.2, 0.25) is 5.91 Å². The second-order valence-corrected chi connectivity index (χ2v) is 7.70. The largest absolute Gasteiger partial charge is 0.349 e. The lowest BCUT2D eigenvalue weighted by Crippen LogP contribution is -2.52. The molecule has 0 saturated carbocycles. The Hall–Kier alpha value is -2.74. The van der Waals surface area contributed by atoms with E-state index >= 15 is 0 Å². The van der Waals surface area contributed by atoms with Crippen LogP contribution in [0, 0.1) is 5.82 Å². The van der Waals surface area contributed by atoms with Crippen LogP contribution in [0.3, 0.4) is 0 Å². The van der Waals surface area contributed by atoms with Crippen molar-refractivity contribution in [3.05, 3.63) is 58.0 Å². The molecule has 0 spiro atoms. The summed E-state index contributed by atoms with van der Waals surface area (Å²) in [5.74, 6) is -1.02. The third kappa shape index (κ3) is 4.95. The zero-order chi connectivity index (χ0) is 20.1. The Bertz CT molecular complexity index is 831. The first-order chi connectivity index (χ1) is 13.4. The van der Waals surface area contributed by atoms with Gasteiger partial charge in [-0.1, -0.05) is 6.07 Å². The number of carbonyl (C=O) groups is 3. The fourth-order valence-corrected chi connectivity index (χ4v) is 3.75. The van der Waals surface area contributed by atoms with Gasteiger partial charge in [-0.15, -0.1) is 11.3 Å². The van der Waals surface area contributed by atoms with Gasteiger partial charge in [0.05, 0.1) is 4.88 Å². The SMILES string of the molecule is CC(NC(=O)c1cccs1)C(=O)N1CCC(NC(=O)c2ccc(F)cc2)CC1. The van der Waals surface area contributed by atoms with Crippen LogP contribution in [-0.2, 0) is 4.79 Å². The fraction of sp³-hybridized carbons (Fsp3) is 0.350. The van der Waals surface area contributed by atoms with E-state index in [4.69, 9.17) is 0 Å². The number of carbonyl (C=O) groups excluding carboxylic acids is 3. The van der Waals surface area contributed by atoms with E-state index in [0.29, 0.717) is 36.4 Å². The molecule has 3 rings (SSSR count). The van der Waals surface area contributed by atoms with Crippen molar-refractivity contribution in [2.24, 2.45) is 0 Å². The second kappa shape index (κ2) is 8.97. The molecule has 3 amide bonds. The Morgan fingerprint density at radius 2 is 1.79 bits per heavy atom. The summed E-state index contributed by atoms with van der Waals surface area (Å²) in [6.45, 7) is 2.69. The molecule has 6 nitrogen and oxygen atoms in total. The molecule has 0 bridgehead atoms. The van der Waals surface area contributed by atoms with E-state index in [1.165, 1.54) is 35.6 Å². The van der Waals surface area contributed by atoms with E-state index in [1.54, 1.807) is 24.0 Å². The molecule has 2 aromatic rings. The van der Waals surface area contributed by atoms with E-state index in [-0.39, 0.29) is 29.6 Å². The summed E-state index contributed by atoms with van der Waals surface area (Å²) in [5, 5.41) is 7.47. The molecule has 2 N–H and O–H groups in total. The van der Waals surface area contributed by atoms with Gasteiger partial charge in [-0.3, -0.25) is 14.4 Å². The Morgan fingerprint density at radius 3 is 2.39 bits per heavy atom. The number of piperidine rings is 1. The summed E-state index contributed by atoms with van der Waals surface area (Å²) in [7, 11) is 0. The maximum Gasteiger partial charge on any atom is 0.261 e. The maximum absolute atomic E-state index is 13.0. The summed E-state index contributed by atoms with van der Waals surface area (Å²) in [6, 6.07) is 8.24. The maximum atomic E-state index is 13.0. The minimum Gasteiger partial charge on any atom is -0.349 e. The van der Waals surface area contributed by atoms with Crippen LogP contribution in [0.1, 0.15) is 39.8 Å². The lowest BCUT2D eigenvalue weighted by atomic mass is 10.0. The van der Waals surface area contributed by atoms with E-state index in [2.05, 4.69) is 10.6 Å². The predicted molar refractivity (Wildman–Crippen MR) is 105 cm³/mol. The predicted octanol–water partition coefficient (Wildman–Crippen LogP) is 2.43. The standard InChI is InChI=1S/C20H22FN3O3S/c1-13(22-19(26)17-3-2-12-28-17)20(27)24-10-8-16(9-11-24)23-18(25)14-4-6-15(21)7-5-14/h2-7,12-13,16H,8-11H2,1H3,(H,22,26)(H,23,25). The molecule has 8 heteroatoms. The molecule has 28 heavy (non-hydrogen) atoms. The van der Waals surface area contributed by atoms with Crippen molar-refractivity contribution in [2.75, 3.05) is 13.1 Å². The van der Waals surface area contributed by atoms with Crippen LogP contribution in [-0.4, -0.2) is 47.8 Å². The second-order valence-electron chi connectivity index (χ2n) is 6.75. The molecule has 1 aliphatic heterocycles. The van der Waals surface area contributed by atoms with E-state index < -0.39 is 6.04 Å². The molecule has 1 fully saturated rings. The lowest BCUT2D eigenvalue weighted by molar-refractivity contribution is -0.133. The summed E-state index contributed by atoms with van der Waals surface area (Å²) in [5.41, 5.74) is 0.407. The summed E-state index contributed by atoms with van der Waals surface area (Å²) in [6.07, 6.45) is 1.26. The van der Waals surface area contributed by atoms with Crippen molar-refractivity contribution in [3.8, 4) is 0 Å². The van der Waals surface area contributed by atoms with Crippen LogP contribution in [0.5, 0.6) is 0 Å². The first-order valence-electron chi connectivity index (χ1n) is 9.13. The van der Waals surface area contributed by atoms with Crippen molar-refractivity contribution in [1.29, 1.82) is 0 Å². The molecular formula is C20H22FN3O3S. The van der Waals surface area contributed by atoms with E-state index in [0.717, 1.165) is 0 Å². The van der Waals surface area contributed by atoms with Crippen molar-refractivity contribution in [1.82, 2.24) is 15.5 Å². The molecule has 1 unspecified atom stereocenters. The first kappa shape index (κ1) is 20.0. The number of nitrogens with one attached hydrogen (secondary N) is 2. The zero-order valence-corrected chi connectivity index (χ0v) is 16.3. The van der Waals surface area contributed by atoms with Crippen LogP contribution >= 0.6 is 11.3 Å². The number of halogens is 1. The smallest absolute Gasteiger partial charge is 0.261 e. The highest BCUT2D eigenvalue weighted by Gasteiger charge is 2.28. The van der Waals surface area contributed by atoms with Crippen LogP contribution < -0.4 is 10.6 Å². The van der Waals surface area contributed by atoms with Gasteiger partial charge in [0, 0.05) is 24.7 Å². The molecule has 1 saturated heterocycles. The van der Waals surface area contributed by atoms with Crippen molar-refractivity contribution in [2.45, 2.75) is 31.8 Å². The van der Waals surface area contributed by atoms with Gasteiger partial charge in [0.25, 0.3) is 11.8 Å². The highest BCUT2D eigenvalue weighted by molar-refractivity contribution is 7.12. The van der Waals surface area contributed by atoms with Gasteiger partial charge >= 0.3 is 0 Å². The third-order valence-corrected chi connectivity index (χ3v) is 5.58. The normalized spacial score (nSPS) is 15.7. The van der Waals surface area contributed by atoms with E-state index in [1.807, 2.05) is 5.38 Å². The van der Waals surface area contributed by atoms with Crippen LogP contribution in [0.2, 0.25) is 0 Å². The Morgan fingerprint density at radius 1 is 1.11 bits per heavy atom. The quantitative estimate of drug-likeness (QED) is 0.805. The monoisotopic (exact) mass is 403 g/mol. The number of thiophene rings is 1. The number of likely N-dealkylation sites (tertiary alicyclic amines) is 1. The molecule has 1 aromatic heterocycles. The molecule has 0 aliphatic carbocycles. The summed E-state index contributed by atoms with van der Waals surface area (Å²) >= 11 is 1.33. The average Bonchev–Trinajstić information content (AvgIpc) is 3.23. The molecule has 1 aromatic carbocycles. The first-order valence-corrected chi connectivity index (χ1v) is 10.0. The molecule has 0 radical (unpaired) electrons. The van der Waals surface area contributed by atoms with E-state index in [9.17, 15) is 18.8 Å². The van der Waals surface area contributed by atoms with Crippen molar-refractivity contribution < 1.29 is 18.8 Å². The highest BCUT2D eigenvalue weighted by Crippen LogP contribution is 2.14. The molecular weight excluding hydrogens is 381 g/mol. The van der Waals surface area contributed by atoms with Gasteiger partial charge in [0.1, 0.15) is 11.9 Å². The molecule has 1 atom stereocenters. The average molecular weight is 403 g/mol. The number of benzene rings is 1. The molecule has 2 heterocycles. The highest BCUT2D eigenvalue weighted by atomic mass is 32.1. The topological polar surface area (TPSA) is 78.5 Å². The van der Waals surface area contributed by atoms with Gasteiger partial charge in [-0.2, -0.15) is 0 Å². The van der Waals surface area contributed by atoms with Crippen molar-refractivity contribution in [3.63, 3.8) is 0 Å². The number of hydrogen-bond acceptors (Lipinski definition) is 4. The molecule has 148 valence electrons. The third-order valence-electron chi connectivity index (χ3n) is 4.71. The van der Waals surface area contributed by atoms with Gasteiger partial charge in [0.15, 0.2) is 0 Å².